The molecule has 0 fully saturated rings. The minimum atomic E-state index is 0.122. The standard InChI is InChI=1S/C52H39NOS/c1-2-11-34(12-3-1)39-30-40(44-17-10-18-48-45-15-6-8-19-49(45)54-52(44)48)32-43(31-39)53(42-27-28-47-46-16-7-9-20-50(46)55-51(47)33-42)41-25-23-36(24-26-41)38-22-21-35-13-4-5-14-37(35)29-38/h1-6,8-15,17-25,27-33,41,46,50H,7,16,26H2. The first-order valence-corrected chi connectivity index (χ1v) is 20.4. The van der Waals surface area contributed by atoms with Crippen LogP contribution in [0, 0.1) is 0 Å². The maximum absolute atomic E-state index is 6.62. The van der Waals surface area contributed by atoms with Gasteiger partial charge in [-0.2, -0.15) is 0 Å². The summed E-state index contributed by atoms with van der Waals surface area (Å²) in [5, 5.41) is 5.37. The Morgan fingerprint density at radius 2 is 1.44 bits per heavy atom. The predicted octanol–water partition coefficient (Wildman–Crippen LogP) is 14.5. The first-order valence-electron chi connectivity index (χ1n) is 19.5. The number of benzene rings is 7. The fourth-order valence-electron chi connectivity index (χ4n) is 9.08. The molecule has 2 heterocycles. The molecule has 2 aliphatic carbocycles. The van der Waals surface area contributed by atoms with Gasteiger partial charge in [0.25, 0.3) is 0 Å². The molecule has 1 aromatic heterocycles. The van der Waals surface area contributed by atoms with Crippen LogP contribution < -0.4 is 4.90 Å². The summed E-state index contributed by atoms with van der Waals surface area (Å²) in [7, 11) is 0. The van der Waals surface area contributed by atoms with Crippen LogP contribution in [0.15, 0.2) is 191 Å². The van der Waals surface area contributed by atoms with E-state index in [9.17, 15) is 0 Å². The molecule has 264 valence electrons. The SMILES string of the molecule is C1=CC2Sc3cc(N(c4cc(-c5ccccc5)cc(-c5cccc6c5oc5ccccc56)c4)C4C=CC(c5ccc6ccccc6c5)=CC4)ccc3C2CC1. The largest absolute Gasteiger partial charge is 0.455 e. The molecule has 7 aromatic carbocycles. The van der Waals surface area contributed by atoms with Crippen LogP contribution in [0.1, 0.15) is 36.3 Å². The van der Waals surface area contributed by atoms with Crippen molar-refractivity contribution < 1.29 is 4.42 Å². The van der Waals surface area contributed by atoms with E-state index in [1.807, 2.05) is 17.8 Å². The molecule has 0 bridgehead atoms. The van der Waals surface area contributed by atoms with Crippen LogP contribution in [0.4, 0.5) is 11.4 Å². The van der Waals surface area contributed by atoms with Crippen LogP contribution in [-0.4, -0.2) is 11.3 Å². The van der Waals surface area contributed by atoms with E-state index in [1.165, 1.54) is 67.7 Å². The smallest absolute Gasteiger partial charge is 0.143 e. The zero-order chi connectivity index (χ0) is 36.3. The molecule has 11 rings (SSSR count). The minimum absolute atomic E-state index is 0.122. The topological polar surface area (TPSA) is 16.4 Å². The van der Waals surface area contributed by atoms with Crippen molar-refractivity contribution in [3.63, 3.8) is 0 Å². The van der Waals surface area contributed by atoms with Crippen molar-refractivity contribution in [2.24, 2.45) is 0 Å². The summed E-state index contributed by atoms with van der Waals surface area (Å²) in [4.78, 5) is 4.00. The van der Waals surface area contributed by atoms with Gasteiger partial charge in [0.15, 0.2) is 0 Å². The lowest BCUT2D eigenvalue weighted by Gasteiger charge is -2.34. The Morgan fingerprint density at radius 3 is 2.35 bits per heavy atom. The highest BCUT2D eigenvalue weighted by Crippen LogP contribution is 2.52. The third kappa shape index (κ3) is 5.73. The normalized spacial score (nSPS) is 18.8. The lowest BCUT2D eigenvalue weighted by molar-refractivity contribution is 0.633. The van der Waals surface area contributed by atoms with E-state index in [2.05, 4.69) is 181 Å². The van der Waals surface area contributed by atoms with E-state index >= 15 is 0 Å². The molecule has 0 spiro atoms. The molecule has 3 atom stereocenters. The average Bonchev–Trinajstić information content (AvgIpc) is 3.82. The third-order valence-corrected chi connectivity index (χ3v) is 13.2. The van der Waals surface area contributed by atoms with Crippen LogP contribution in [0.25, 0.3) is 60.5 Å². The van der Waals surface area contributed by atoms with E-state index in [-0.39, 0.29) is 6.04 Å². The maximum Gasteiger partial charge on any atom is 0.143 e. The minimum Gasteiger partial charge on any atom is -0.455 e. The van der Waals surface area contributed by atoms with Crippen LogP contribution >= 0.6 is 11.8 Å². The van der Waals surface area contributed by atoms with Crippen molar-refractivity contribution in [1.29, 1.82) is 0 Å². The second-order valence-corrected chi connectivity index (χ2v) is 16.3. The molecule has 55 heavy (non-hydrogen) atoms. The molecule has 3 unspecified atom stereocenters. The number of nitrogens with zero attached hydrogens (tertiary/aromatic N) is 1. The Morgan fingerprint density at radius 1 is 0.600 bits per heavy atom. The first kappa shape index (κ1) is 32.4. The van der Waals surface area contributed by atoms with Gasteiger partial charge in [0, 0.05) is 43.8 Å². The van der Waals surface area contributed by atoms with Gasteiger partial charge < -0.3 is 9.32 Å². The summed E-state index contributed by atoms with van der Waals surface area (Å²) in [6, 6.07) is 55.7. The van der Waals surface area contributed by atoms with Crippen molar-refractivity contribution in [1.82, 2.24) is 0 Å². The highest BCUT2D eigenvalue weighted by molar-refractivity contribution is 8.00. The van der Waals surface area contributed by atoms with E-state index < -0.39 is 0 Å². The molecular formula is C52H39NOS. The van der Waals surface area contributed by atoms with Crippen molar-refractivity contribution in [3.05, 3.63) is 193 Å². The van der Waals surface area contributed by atoms with E-state index in [1.54, 1.807) is 0 Å². The van der Waals surface area contributed by atoms with Gasteiger partial charge in [-0.25, -0.2) is 0 Å². The summed E-state index contributed by atoms with van der Waals surface area (Å²) >= 11 is 2.04. The number of thioether (sulfide) groups is 1. The van der Waals surface area contributed by atoms with Crippen molar-refractivity contribution >= 4 is 61.4 Å². The molecule has 3 heteroatoms. The van der Waals surface area contributed by atoms with Crippen molar-refractivity contribution in [2.45, 2.75) is 41.4 Å². The molecule has 2 nitrogen and oxygen atoms in total. The number of allylic oxidation sites excluding steroid dienone is 3. The monoisotopic (exact) mass is 725 g/mol. The molecule has 0 N–H and O–H groups in total. The van der Waals surface area contributed by atoms with Gasteiger partial charge in [0.1, 0.15) is 11.2 Å². The highest BCUT2D eigenvalue weighted by Gasteiger charge is 2.34. The summed E-state index contributed by atoms with van der Waals surface area (Å²) in [6.45, 7) is 0. The second kappa shape index (κ2) is 13.4. The van der Waals surface area contributed by atoms with Gasteiger partial charge in [0.2, 0.25) is 0 Å². The van der Waals surface area contributed by atoms with E-state index in [0.717, 1.165) is 39.5 Å². The van der Waals surface area contributed by atoms with E-state index in [4.69, 9.17) is 4.42 Å². The summed E-state index contributed by atoms with van der Waals surface area (Å²) in [6.07, 6.45) is 15.3. The van der Waals surface area contributed by atoms with Gasteiger partial charge in [-0.3, -0.25) is 0 Å². The Hall–Kier alpha value is -6.03. The summed E-state index contributed by atoms with van der Waals surface area (Å²) in [5.74, 6) is 0.604. The van der Waals surface area contributed by atoms with Crippen LogP contribution in [0.5, 0.6) is 0 Å². The van der Waals surface area contributed by atoms with Gasteiger partial charge in [-0.05, 0) is 106 Å². The quantitative estimate of drug-likeness (QED) is 0.159. The Bertz CT molecular complexity index is 2860. The maximum atomic E-state index is 6.62. The molecule has 3 aliphatic rings. The number of para-hydroxylation sites is 2. The summed E-state index contributed by atoms with van der Waals surface area (Å²) < 4.78 is 6.62. The zero-order valence-corrected chi connectivity index (χ0v) is 31.3. The van der Waals surface area contributed by atoms with Gasteiger partial charge in [0.05, 0.1) is 6.04 Å². The van der Waals surface area contributed by atoms with Crippen LogP contribution in [0.3, 0.4) is 0 Å². The highest BCUT2D eigenvalue weighted by atomic mass is 32.2. The van der Waals surface area contributed by atoms with Crippen LogP contribution in [-0.2, 0) is 0 Å². The van der Waals surface area contributed by atoms with Gasteiger partial charge in [-0.15, -0.1) is 11.8 Å². The second-order valence-electron chi connectivity index (χ2n) is 15.1. The van der Waals surface area contributed by atoms with Crippen molar-refractivity contribution in [2.75, 3.05) is 4.90 Å². The molecule has 0 radical (unpaired) electrons. The number of furan rings is 1. The van der Waals surface area contributed by atoms with E-state index in [0.29, 0.717) is 11.2 Å². The average molecular weight is 726 g/mol. The molecule has 1 aliphatic heterocycles. The van der Waals surface area contributed by atoms with Crippen LogP contribution in [0.2, 0.25) is 0 Å². The zero-order valence-electron chi connectivity index (χ0n) is 30.4. The fourth-order valence-corrected chi connectivity index (χ4v) is 10.6. The third-order valence-electron chi connectivity index (χ3n) is 11.8. The number of hydrogen-bond donors (Lipinski definition) is 0. The molecule has 8 aromatic rings. The van der Waals surface area contributed by atoms with Crippen molar-refractivity contribution in [3.8, 4) is 22.3 Å². The fraction of sp³-hybridized carbons (Fsp3) is 0.115. The summed E-state index contributed by atoms with van der Waals surface area (Å²) in [5.41, 5.74) is 12.9. The predicted molar refractivity (Wildman–Crippen MR) is 233 cm³/mol. The van der Waals surface area contributed by atoms with Gasteiger partial charge >= 0.3 is 0 Å². The Labute approximate surface area is 326 Å². The Kier molecular flexibility index (Phi) is 7.88. The molecule has 0 amide bonds. The molecule has 0 saturated heterocycles. The number of hydrogen-bond acceptors (Lipinski definition) is 3. The first-order chi connectivity index (χ1) is 27.2. The Balaban J connectivity index is 1.07. The number of fused-ring (bicyclic) bond motifs is 7. The number of rotatable bonds is 6. The number of anilines is 2. The lowest BCUT2D eigenvalue weighted by atomic mass is 9.87. The molecular weight excluding hydrogens is 687 g/mol. The molecule has 0 saturated carbocycles. The van der Waals surface area contributed by atoms with Gasteiger partial charge in [-0.1, -0.05) is 140 Å². The lowest BCUT2D eigenvalue weighted by Crippen LogP contribution is -2.30.